The Labute approximate surface area is 96.5 Å². The second-order valence-corrected chi connectivity index (χ2v) is 4.47. The van der Waals surface area contributed by atoms with Crippen molar-refractivity contribution in [1.29, 1.82) is 0 Å². The standard InChI is InChI=1S/C10H13BrN2O2/c11-8-3-5-15-9(8)10(14)13-7-2-1-4-12-6-7/h3,5,7,12H,1-2,4,6H2,(H,13,14)/t7-/m1/s1. The molecule has 2 rings (SSSR count). The first kappa shape index (κ1) is 10.7. The molecule has 82 valence electrons. The molecule has 15 heavy (non-hydrogen) atoms. The Hall–Kier alpha value is -0.810. The van der Waals surface area contributed by atoms with Gasteiger partial charge < -0.3 is 15.1 Å². The summed E-state index contributed by atoms with van der Waals surface area (Å²) in [6.07, 6.45) is 3.62. The molecule has 1 aliphatic heterocycles. The van der Waals surface area contributed by atoms with Crippen molar-refractivity contribution in [2.75, 3.05) is 13.1 Å². The summed E-state index contributed by atoms with van der Waals surface area (Å²) in [6, 6.07) is 1.93. The normalized spacial score (nSPS) is 21.3. The molecule has 2 N–H and O–H groups in total. The second-order valence-electron chi connectivity index (χ2n) is 3.61. The monoisotopic (exact) mass is 272 g/mol. The topological polar surface area (TPSA) is 54.3 Å². The molecule has 1 aliphatic rings. The zero-order valence-electron chi connectivity index (χ0n) is 8.25. The van der Waals surface area contributed by atoms with Gasteiger partial charge in [-0.1, -0.05) is 0 Å². The van der Waals surface area contributed by atoms with Crippen LogP contribution >= 0.6 is 15.9 Å². The summed E-state index contributed by atoms with van der Waals surface area (Å²) in [5.41, 5.74) is 0. The number of nitrogens with one attached hydrogen (secondary N) is 2. The third-order valence-electron chi connectivity index (χ3n) is 2.46. The van der Waals surface area contributed by atoms with Gasteiger partial charge in [0.15, 0.2) is 0 Å². The van der Waals surface area contributed by atoms with E-state index >= 15 is 0 Å². The van der Waals surface area contributed by atoms with Crippen LogP contribution in [0.1, 0.15) is 23.4 Å². The van der Waals surface area contributed by atoms with Crippen LogP contribution in [0.5, 0.6) is 0 Å². The molecule has 2 heterocycles. The Kier molecular flexibility index (Phi) is 3.43. The fraction of sp³-hybridized carbons (Fsp3) is 0.500. The fourth-order valence-corrected chi connectivity index (χ4v) is 2.06. The van der Waals surface area contributed by atoms with E-state index in [1.807, 2.05) is 0 Å². The van der Waals surface area contributed by atoms with Gasteiger partial charge in [0, 0.05) is 12.6 Å². The zero-order valence-corrected chi connectivity index (χ0v) is 9.84. The zero-order chi connectivity index (χ0) is 10.7. The highest BCUT2D eigenvalue weighted by Gasteiger charge is 2.19. The van der Waals surface area contributed by atoms with E-state index in [-0.39, 0.29) is 11.9 Å². The number of hydrogen-bond acceptors (Lipinski definition) is 3. The number of amides is 1. The van der Waals surface area contributed by atoms with Crippen molar-refractivity contribution in [2.24, 2.45) is 0 Å². The average Bonchev–Trinajstić information content (AvgIpc) is 2.66. The Morgan fingerprint density at radius 3 is 3.13 bits per heavy atom. The Morgan fingerprint density at radius 1 is 1.67 bits per heavy atom. The van der Waals surface area contributed by atoms with Crippen molar-refractivity contribution >= 4 is 21.8 Å². The van der Waals surface area contributed by atoms with Crippen molar-refractivity contribution in [1.82, 2.24) is 10.6 Å². The van der Waals surface area contributed by atoms with E-state index in [9.17, 15) is 4.79 Å². The minimum atomic E-state index is -0.152. The highest BCUT2D eigenvalue weighted by molar-refractivity contribution is 9.10. The van der Waals surface area contributed by atoms with Crippen LogP contribution in [0.3, 0.4) is 0 Å². The summed E-state index contributed by atoms with van der Waals surface area (Å²) in [4.78, 5) is 11.7. The number of piperidine rings is 1. The van der Waals surface area contributed by atoms with E-state index in [2.05, 4.69) is 26.6 Å². The molecule has 0 aliphatic carbocycles. The van der Waals surface area contributed by atoms with Gasteiger partial charge in [0.05, 0.1) is 10.7 Å². The summed E-state index contributed by atoms with van der Waals surface area (Å²) in [5.74, 6) is 0.196. The summed E-state index contributed by atoms with van der Waals surface area (Å²) < 4.78 is 5.79. The fourth-order valence-electron chi connectivity index (χ4n) is 1.68. The molecular weight excluding hydrogens is 260 g/mol. The lowest BCUT2D eigenvalue weighted by Gasteiger charge is -2.23. The Bertz CT molecular complexity index is 345. The van der Waals surface area contributed by atoms with Crippen LogP contribution in [0.15, 0.2) is 21.2 Å². The first-order chi connectivity index (χ1) is 7.27. The van der Waals surface area contributed by atoms with Gasteiger partial charge in [-0.25, -0.2) is 0 Å². The third-order valence-corrected chi connectivity index (χ3v) is 3.08. The van der Waals surface area contributed by atoms with Crippen LogP contribution in [0.4, 0.5) is 0 Å². The first-order valence-corrected chi connectivity index (χ1v) is 5.81. The maximum absolute atomic E-state index is 11.7. The van der Waals surface area contributed by atoms with Gasteiger partial charge in [0.2, 0.25) is 5.76 Å². The molecule has 1 saturated heterocycles. The largest absolute Gasteiger partial charge is 0.458 e. The molecule has 0 unspecified atom stereocenters. The smallest absolute Gasteiger partial charge is 0.288 e. The minimum absolute atomic E-state index is 0.152. The van der Waals surface area contributed by atoms with Crippen LogP contribution in [0, 0.1) is 0 Å². The van der Waals surface area contributed by atoms with Crippen molar-refractivity contribution < 1.29 is 9.21 Å². The maximum atomic E-state index is 11.7. The summed E-state index contributed by atoms with van der Waals surface area (Å²) in [5, 5.41) is 6.18. The van der Waals surface area contributed by atoms with Crippen molar-refractivity contribution in [3.8, 4) is 0 Å². The van der Waals surface area contributed by atoms with Crippen molar-refractivity contribution in [3.63, 3.8) is 0 Å². The molecular formula is C10H13BrN2O2. The lowest BCUT2D eigenvalue weighted by Crippen LogP contribution is -2.45. The van der Waals surface area contributed by atoms with E-state index in [1.165, 1.54) is 6.26 Å². The molecule has 0 bridgehead atoms. The van der Waals surface area contributed by atoms with E-state index in [0.29, 0.717) is 10.2 Å². The van der Waals surface area contributed by atoms with Gasteiger partial charge in [-0.3, -0.25) is 4.79 Å². The van der Waals surface area contributed by atoms with Gasteiger partial charge in [0.1, 0.15) is 0 Å². The molecule has 1 atom stereocenters. The third kappa shape index (κ3) is 2.60. The van der Waals surface area contributed by atoms with Gasteiger partial charge in [0.25, 0.3) is 5.91 Å². The molecule has 5 heteroatoms. The van der Waals surface area contributed by atoms with Crippen molar-refractivity contribution in [3.05, 3.63) is 22.6 Å². The van der Waals surface area contributed by atoms with E-state index in [4.69, 9.17) is 4.42 Å². The van der Waals surface area contributed by atoms with Gasteiger partial charge in [-0.05, 0) is 41.4 Å². The van der Waals surface area contributed by atoms with Gasteiger partial charge in [-0.2, -0.15) is 0 Å². The van der Waals surface area contributed by atoms with Crippen LogP contribution in [0.25, 0.3) is 0 Å². The molecule has 1 fully saturated rings. The van der Waals surface area contributed by atoms with E-state index < -0.39 is 0 Å². The molecule has 0 radical (unpaired) electrons. The molecule has 1 aromatic rings. The quantitative estimate of drug-likeness (QED) is 0.859. The Balaban J connectivity index is 1.94. The molecule has 4 nitrogen and oxygen atoms in total. The van der Waals surface area contributed by atoms with Gasteiger partial charge >= 0.3 is 0 Å². The lowest BCUT2D eigenvalue weighted by atomic mass is 10.1. The summed E-state index contributed by atoms with van der Waals surface area (Å²) >= 11 is 3.26. The SMILES string of the molecule is O=C(N[C@@H]1CCCNC1)c1occc1Br. The average molecular weight is 273 g/mol. The predicted molar refractivity (Wildman–Crippen MR) is 59.8 cm³/mol. The molecule has 0 spiro atoms. The molecule has 1 aromatic heterocycles. The number of furan rings is 1. The molecule has 0 saturated carbocycles. The number of carbonyl (C=O) groups is 1. The van der Waals surface area contributed by atoms with E-state index in [1.54, 1.807) is 6.07 Å². The highest BCUT2D eigenvalue weighted by atomic mass is 79.9. The number of rotatable bonds is 2. The van der Waals surface area contributed by atoms with Crippen LogP contribution in [-0.2, 0) is 0 Å². The van der Waals surface area contributed by atoms with Gasteiger partial charge in [-0.15, -0.1) is 0 Å². The first-order valence-electron chi connectivity index (χ1n) is 5.02. The van der Waals surface area contributed by atoms with Crippen LogP contribution in [-0.4, -0.2) is 25.0 Å². The maximum Gasteiger partial charge on any atom is 0.288 e. The van der Waals surface area contributed by atoms with Crippen LogP contribution in [0.2, 0.25) is 0 Å². The highest BCUT2D eigenvalue weighted by Crippen LogP contribution is 2.17. The number of carbonyl (C=O) groups excluding carboxylic acids is 1. The van der Waals surface area contributed by atoms with E-state index in [0.717, 1.165) is 25.9 Å². The predicted octanol–water partition coefficient (Wildman–Crippen LogP) is 1.52. The number of hydrogen-bond donors (Lipinski definition) is 2. The lowest BCUT2D eigenvalue weighted by molar-refractivity contribution is 0.0901. The molecule has 1 amide bonds. The van der Waals surface area contributed by atoms with Crippen LogP contribution < -0.4 is 10.6 Å². The Morgan fingerprint density at radius 2 is 2.53 bits per heavy atom. The number of halogens is 1. The van der Waals surface area contributed by atoms with Crippen molar-refractivity contribution in [2.45, 2.75) is 18.9 Å². The second kappa shape index (κ2) is 4.81. The summed E-state index contributed by atoms with van der Waals surface area (Å²) in [6.45, 7) is 1.88. The minimum Gasteiger partial charge on any atom is -0.458 e. The molecule has 0 aromatic carbocycles. The summed E-state index contributed by atoms with van der Waals surface area (Å²) in [7, 11) is 0.